The maximum absolute atomic E-state index is 4.65. The van der Waals surface area contributed by atoms with Gasteiger partial charge in [0.1, 0.15) is 17.5 Å². The fourth-order valence-corrected chi connectivity index (χ4v) is 2.58. The molecule has 0 unspecified atom stereocenters. The topological polar surface area (TPSA) is 49.8 Å². The van der Waals surface area contributed by atoms with E-state index in [1.54, 1.807) is 0 Å². The first kappa shape index (κ1) is 14.3. The van der Waals surface area contributed by atoms with Gasteiger partial charge in [-0.2, -0.15) is 0 Å². The van der Waals surface area contributed by atoms with Crippen LogP contribution in [0, 0.1) is 13.8 Å². The van der Waals surface area contributed by atoms with E-state index in [0.717, 1.165) is 27.6 Å². The van der Waals surface area contributed by atoms with E-state index in [1.165, 1.54) is 24.0 Å². The summed E-state index contributed by atoms with van der Waals surface area (Å²) in [6.07, 6.45) is 2.40. The highest BCUT2D eigenvalue weighted by atomic mass is 79.9. The highest BCUT2D eigenvalue weighted by Gasteiger charge is 2.27. The van der Waals surface area contributed by atoms with Crippen molar-refractivity contribution in [1.82, 2.24) is 9.97 Å². The van der Waals surface area contributed by atoms with Crippen molar-refractivity contribution in [2.45, 2.75) is 32.6 Å². The number of hydrogen-bond acceptors (Lipinski definition) is 4. The van der Waals surface area contributed by atoms with Crippen molar-refractivity contribution in [3.05, 3.63) is 39.6 Å². The third kappa shape index (κ3) is 3.18. The molecule has 0 spiro atoms. The molecule has 0 aliphatic heterocycles. The maximum atomic E-state index is 4.65. The number of halogens is 1. The fraction of sp³-hybridized carbons (Fsp3) is 0.375. The SMILES string of the molecule is CNc1cc(Nc2cc(C)c(Br)c(C)c2)nc(C2CC2)n1. The van der Waals surface area contributed by atoms with Gasteiger partial charge in [0.2, 0.25) is 0 Å². The Morgan fingerprint density at radius 3 is 2.24 bits per heavy atom. The third-order valence-electron chi connectivity index (χ3n) is 3.65. The Bertz CT molecular complexity index is 657. The summed E-state index contributed by atoms with van der Waals surface area (Å²) in [6, 6.07) is 6.18. The van der Waals surface area contributed by atoms with Gasteiger partial charge in [-0.05, 0) is 49.9 Å². The highest BCUT2D eigenvalue weighted by molar-refractivity contribution is 9.10. The summed E-state index contributed by atoms with van der Waals surface area (Å²) >= 11 is 3.60. The summed E-state index contributed by atoms with van der Waals surface area (Å²) in [7, 11) is 1.89. The minimum absolute atomic E-state index is 0.534. The maximum Gasteiger partial charge on any atom is 0.136 e. The quantitative estimate of drug-likeness (QED) is 0.854. The number of nitrogens with one attached hydrogen (secondary N) is 2. The summed E-state index contributed by atoms with van der Waals surface area (Å²) < 4.78 is 1.16. The monoisotopic (exact) mass is 346 g/mol. The molecule has 1 heterocycles. The average Bonchev–Trinajstić information content (AvgIpc) is 3.29. The molecular weight excluding hydrogens is 328 g/mol. The Morgan fingerprint density at radius 2 is 1.67 bits per heavy atom. The molecule has 1 aromatic carbocycles. The molecule has 0 amide bonds. The van der Waals surface area contributed by atoms with E-state index >= 15 is 0 Å². The molecule has 2 N–H and O–H groups in total. The highest BCUT2D eigenvalue weighted by Crippen LogP contribution is 2.39. The van der Waals surface area contributed by atoms with Crippen molar-refractivity contribution in [1.29, 1.82) is 0 Å². The molecule has 1 fully saturated rings. The number of hydrogen-bond donors (Lipinski definition) is 2. The van der Waals surface area contributed by atoms with Crippen molar-refractivity contribution in [3.63, 3.8) is 0 Å². The van der Waals surface area contributed by atoms with Gasteiger partial charge in [-0.25, -0.2) is 9.97 Å². The van der Waals surface area contributed by atoms with Crippen molar-refractivity contribution in [2.75, 3.05) is 17.7 Å². The van der Waals surface area contributed by atoms with Crippen LogP contribution >= 0.6 is 15.9 Å². The van der Waals surface area contributed by atoms with Crippen LogP contribution in [0.25, 0.3) is 0 Å². The fourth-order valence-electron chi connectivity index (χ4n) is 2.35. The van der Waals surface area contributed by atoms with E-state index in [9.17, 15) is 0 Å². The summed E-state index contributed by atoms with van der Waals surface area (Å²) in [5.41, 5.74) is 3.47. The van der Waals surface area contributed by atoms with Crippen molar-refractivity contribution in [3.8, 4) is 0 Å². The molecule has 1 aliphatic rings. The second-order valence-corrected chi connectivity index (χ2v) is 6.36. The molecule has 0 bridgehead atoms. The predicted octanol–water partition coefficient (Wildman–Crippen LogP) is 4.52. The van der Waals surface area contributed by atoms with Gasteiger partial charge in [0.25, 0.3) is 0 Å². The molecule has 21 heavy (non-hydrogen) atoms. The normalized spacial score (nSPS) is 14.1. The van der Waals surface area contributed by atoms with Crippen LogP contribution in [0.1, 0.15) is 35.7 Å². The van der Waals surface area contributed by atoms with E-state index in [-0.39, 0.29) is 0 Å². The van der Waals surface area contributed by atoms with Crippen LogP contribution in [-0.4, -0.2) is 17.0 Å². The van der Waals surface area contributed by atoms with Gasteiger partial charge in [-0.15, -0.1) is 0 Å². The molecule has 0 saturated heterocycles. The first-order valence-corrected chi connectivity index (χ1v) is 7.96. The van der Waals surface area contributed by atoms with Crippen LogP contribution in [0.15, 0.2) is 22.7 Å². The van der Waals surface area contributed by atoms with Gasteiger partial charge in [0.15, 0.2) is 0 Å². The number of aromatic nitrogens is 2. The second kappa shape index (κ2) is 5.64. The minimum Gasteiger partial charge on any atom is -0.373 e. The lowest BCUT2D eigenvalue weighted by Crippen LogP contribution is -2.03. The zero-order valence-electron chi connectivity index (χ0n) is 12.5. The number of aryl methyl sites for hydroxylation is 2. The first-order chi connectivity index (χ1) is 10.1. The molecule has 4 nitrogen and oxygen atoms in total. The first-order valence-electron chi connectivity index (χ1n) is 7.17. The predicted molar refractivity (Wildman–Crippen MR) is 90.5 cm³/mol. The molecule has 5 heteroatoms. The molecule has 110 valence electrons. The van der Waals surface area contributed by atoms with Gasteiger partial charge in [-0.3, -0.25) is 0 Å². The lowest BCUT2D eigenvalue weighted by molar-refractivity contribution is 0.932. The van der Waals surface area contributed by atoms with Crippen LogP contribution in [0.3, 0.4) is 0 Å². The Balaban J connectivity index is 1.92. The zero-order valence-corrected chi connectivity index (χ0v) is 14.1. The number of nitrogens with zero attached hydrogens (tertiary/aromatic N) is 2. The van der Waals surface area contributed by atoms with Gasteiger partial charge < -0.3 is 10.6 Å². The van der Waals surface area contributed by atoms with Crippen LogP contribution in [0.2, 0.25) is 0 Å². The van der Waals surface area contributed by atoms with Crippen molar-refractivity contribution >= 4 is 33.3 Å². The van der Waals surface area contributed by atoms with E-state index < -0.39 is 0 Å². The van der Waals surface area contributed by atoms with Gasteiger partial charge in [0, 0.05) is 29.2 Å². The smallest absolute Gasteiger partial charge is 0.136 e. The summed E-state index contributed by atoms with van der Waals surface area (Å²) in [5, 5.41) is 6.51. The Kier molecular flexibility index (Phi) is 3.85. The van der Waals surface area contributed by atoms with Gasteiger partial charge >= 0.3 is 0 Å². The molecular formula is C16H19BrN4. The van der Waals surface area contributed by atoms with Crippen LogP contribution in [-0.2, 0) is 0 Å². The number of benzene rings is 1. The molecule has 2 aromatic rings. The molecule has 1 aliphatic carbocycles. The molecule has 1 aromatic heterocycles. The summed E-state index contributed by atoms with van der Waals surface area (Å²) in [5.74, 6) is 3.18. The lowest BCUT2D eigenvalue weighted by atomic mass is 10.1. The Hall–Kier alpha value is -1.62. The van der Waals surface area contributed by atoms with Crippen LogP contribution in [0.5, 0.6) is 0 Å². The zero-order chi connectivity index (χ0) is 15.0. The number of anilines is 3. The molecule has 1 saturated carbocycles. The standard InChI is InChI=1S/C16H19BrN4/c1-9-6-12(7-10(2)15(9)17)19-14-8-13(18-3)20-16(21-14)11-4-5-11/h6-8,11H,4-5H2,1-3H3,(H2,18,19,20,21). The Labute approximate surface area is 133 Å². The van der Waals surface area contributed by atoms with Gasteiger partial charge in [0.05, 0.1) is 0 Å². The summed E-state index contributed by atoms with van der Waals surface area (Å²) in [4.78, 5) is 9.18. The minimum atomic E-state index is 0.534. The van der Waals surface area contributed by atoms with Crippen LogP contribution < -0.4 is 10.6 Å². The van der Waals surface area contributed by atoms with E-state index in [4.69, 9.17) is 0 Å². The van der Waals surface area contributed by atoms with Crippen LogP contribution in [0.4, 0.5) is 17.3 Å². The molecule has 0 atom stereocenters. The lowest BCUT2D eigenvalue weighted by Gasteiger charge is -2.12. The van der Waals surface area contributed by atoms with Crippen molar-refractivity contribution in [2.24, 2.45) is 0 Å². The van der Waals surface area contributed by atoms with E-state index in [2.05, 4.69) is 62.5 Å². The Morgan fingerprint density at radius 1 is 1.05 bits per heavy atom. The average molecular weight is 347 g/mol. The summed E-state index contributed by atoms with van der Waals surface area (Å²) in [6.45, 7) is 4.19. The largest absolute Gasteiger partial charge is 0.373 e. The second-order valence-electron chi connectivity index (χ2n) is 5.57. The molecule has 3 rings (SSSR count). The number of rotatable bonds is 4. The third-order valence-corrected chi connectivity index (χ3v) is 4.90. The van der Waals surface area contributed by atoms with Crippen molar-refractivity contribution < 1.29 is 0 Å². The van der Waals surface area contributed by atoms with E-state index in [1.807, 2.05) is 13.1 Å². The molecule has 0 radical (unpaired) electrons. The van der Waals surface area contributed by atoms with Gasteiger partial charge in [-0.1, -0.05) is 15.9 Å². The van der Waals surface area contributed by atoms with E-state index in [0.29, 0.717) is 5.92 Å².